The summed E-state index contributed by atoms with van der Waals surface area (Å²) in [5, 5.41) is 12.0. The van der Waals surface area contributed by atoms with Gasteiger partial charge < -0.3 is 24.3 Å². The molecule has 0 amide bonds. The Balaban J connectivity index is 1.47. The van der Waals surface area contributed by atoms with Gasteiger partial charge in [-0.2, -0.15) is 0 Å². The molecule has 4 aromatic carbocycles. The third-order valence-corrected chi connectivity index (χ3v) is 7.34. The second kappa shape index (κ2) is 14.2. The molecule has 0 saturated carbocycles. The molecule has 5 aromatic rings. The molecule has 47 heavy (non-hydrogen) atoms. The Morgan fingerprint density at radius 2 is 1.04 bits per heavy atom. The summed E-state index contributed by atoms with van der Waals surface area (Å²) in [6, 6.07) is 23.9. The van der Waals surface area contributed by atoms with Crippen molar-refractivity contribution in [2.24, 2.45) is 0 Å². The van der Waals surface area contributed by atoms with Crippen LogP contribution in [0.25, 0.3) is 27.9 Å². The number of hydrogen-bond acceptors (Lipinski definition) is 11. The van der Waals surface area contributed by atoms with Crippen LogP contribution in [0.4, 0.5) is 5.69 Å². The van der Waals surface area contributed by atoms with Crippen molar-refractivity contribution in [2.75, 3.05) is 33.8 Å². The first-order valence-electron chi connectivity index (χ1n) is 14.2. The van der Waals surface area contributed by atoms with Crippen molar-refractivity contribution in [3.8, 4) is 27.9 Å². The second-order valence-corrected chi connectivity index (χ2v) is 10.1. The zero-order chi connectivity index (χ0) is 33.5. The van der Waals surface area contributed by atoms with E-state index in [2.05, 4.69) is 15.6 Å². The van der Waals surface area contributed by atoms with Gasteiger partial charge in [0.2, 0.25) is 0 Å². The average molecular weight is 635 g/mol. The summed E-state index contributed by atoms with van der Waals surface area (Å²) < 4.78 is 21.0. The van der Waals surface area contributed by atoms with Crippen LogP contribution in [0.5, 0.6) is 0 Å². The average Bonchev–Trinajstić information content (AvgIpc) is 3.61. The van der Waals surface area contributed by atoms with E-state index in [1.807, 2.05) is 0 Å². The van der Waals surface area contributed by atoms with Crippen molar-refractivity contribution in [3.05, 3.63) is 119 Å². The molecular weight excluding hydrogens is 604 g/mol. The van der Waals surface area contributed by atoms with Gasteiger partial charge in [-0.25, -0.2) is 23.9 Å². The molecule has 0 radical (unpaired) electrons. The van der Waals surface area contributed by atoms with E-state index in [9.17, 15) is 19.2 Å². The lowest BCUT2D eigenvalue weighted by Gasteiger charge is -2.14. The van der Waals surface area contributed by atoms with E-state index >= 15 is 0 Å². The van der Waals surface area contributed by atoms with Gasteiger partial charge in [0.15, 0.2) is 0 Å². The van der Waals surface area contributed by atoms with Gasteiger partial charge in [-0.1, -0.05) is 41.6 Å². The Labute approximate surface area is 269 Å². The van der Waals surface area contributed by atoms with E-state index in [0.29, 0.717) is 39.3 Å². The number of carbonyl (C=O) groups is 4. The number of carbonyl (C=O) groups excluding carboxylic acids is 4. The highest BCUT2D eigenvalue weighted by Crippen LogP contribution is 2.31. The molecule has 0 aliphatic rings. The number of rotatable bonds is 10. The number of hydrogen-bond donors (Lipinski definition) is 1. The van der Waals surface area contributed by atoms with Crippen LogP contribution in [-0.4, -0.2) is 67.3 Å². The number of anilines is 1. The molecule has 0 atom stereocenters. The second-order valence-electron chi connectivity index (χ2n) is 10.1. The first-order chi connectivity index (χ1) is 22.8. The fourth-order valence-electron chi connectivity index (χ4n) is 4.89. The number of nitrogens with one attached hydrogen (secondary N) is 1. The third kappa shape index (κ3) is 7.01. The van der Waals surface area contributed by atoms with Gasteiger partial charge in [0.05, 0.1) is 69.1 Å². The molecule has 12 heteroatoms. The highest BCUT2D eigenvalue weighted by atomic mass is 16.5. The molecule has 0 aliphatic heterocycles. The lowest BCUT2D eigenvalue weighted by Crippen LogP contribution is -2.06. The van der Waals surface area contributed by atoms with E-state index in [1.54, 1.807) is 95.8 Å². The van der Waals surface area contributed by atoms with E-state index in [4.69, 9.17) is 18.9 Å². The molecule has 238 valence electrons. The van der Waals surface area contributed by atoms with Crippen molar-refractivity contribution >= 4 is 29.6 Å². The number of ether oxygens (including phenoxy) is 4. The summed E-state index contributed by atoms with van der Waals surface area (Å²) in [5.74, 6) is -1.91. The van der Waals surface area contributed by atoms with Crippen molar-refractivity contribution in [3.63, 3.8) is 0 Å². The molecule has 0 unspecified atom stereocenters. The first-order valence-corrected chi connectivity index (χ1v) is 14.2. The Morgan fingerprint density at radius 3 is 1.57 bits per heavy atom. The van der Waals surface area contributed by atoms with Gasteiger partial charge in [-0.15, -0.1) is 5.10 Å². The van der Waals surface area contributed by atoms with Gasteiger partial charge in [0.25, 0.3) is 0 Å². The molecule has 0 spiro atoms. The zero-order valence-corrected chi connectivity index (χ0v) is 26.0. The molecule has 0 saturated heterocycles. The van der Waals surface area contributed by atoms with Gasteiger partial charge in [0.1, 0.15) is 5.69 Å². The monoisotopic (exact) mass is 634 g/mol. The van der Waals surface area contributed by atoms with Crippen molar-refractivity contribution < 1.29 is 38.1 Å². The molecule has 1 heterocycles. The Kier molecular flexibility index (Phi) is 9.70. The van der Waals surface area contributed by atoms with Crippen LogP contribution in [0.1, 0.15) is 47.1 Å². The topological polar surface area (TPSA) is 148 Å². The summed E-state index contributed by atoms with van der Waals surface area (Å²) in [6.07, 6.45) is 1.71. The molecule has 0 fully saturated rings. The maximum Gasteiger partial charge on any atom is 0.337 e. The maximum atomic E-state index is 12.4. The molecule has 5 rings (SSSR count). The molecular formula is C35H30N4O8. The van der Waals surface area contributed by atoms with Gasteiger partial charge >= 0.3 is 23.9 Å². The van der Waals surface area contributed by atoms with Gasteiger partial charge in [-0.05, 0) is 59.7 Å². The molecule has 1 N–H and O–H groups in total. The van der Waals surface area contributed by atoms with Crippen LogP contribution in [0.2, 0.25) is 0 Å². The summed E-state index contributed by atoms with van der Waals surface area (Å²) >= 11 is 0. The predicted molar refractivity (Wildman–Crippen MR) is 171 cm³/mol. The third-order valence-electron chi connectivity index (χ3n) is 7.34. The summed E-state index contributed by atoms with van der Waals surface area (Å²) in [5.41, 5.74) is 6.24. The molecule has 0 aliphatic carbocycles. The number of nitrogens with zero attached hydrogens (tertiary/aromatic N) is 3. The van der Waals surface area contributed by atoms with Crippen LogP contribution in [0, 0.1) is 0 Å². The number of methoxy groups -OCH3 is 4. The highest BCUT2D eigenvalue weighted by Gasteiger charge is 2.17. The van der Waals surface area contributed by atoms with Crippen LogP contribution < -0.4 is 5.32 Å². The zero-order valence-electron chi connectivity index (χ0n) is 26.0. The quantitative estimate of drug-likeness (QED) is 0.156. The molecule has 0 bridgehead atoms. The molecule has 12 nitrogen and oxygen atoms in total. The van der Waals surface area contributed by atoms with E-state index in [0.717, 1.165) is 22.3 Å². The van der Waals surface area contributed by atoms with Crippen molar-refractivity contribution in [2.45, 2.75) is 6.54 Å². The highest BCUT2D eigenvalue weighted by molar-refractivity contribution is 5.95. The van der Waals surface area contributed by atoms with E-state index in [-0.39, 0.29) is 6.54 Å². The van der Waals surface area contributed by atoms with Crippen LogP contribution in [0.3, 0.4) is 0 Å². The van der Waals surface area contributed by atoms with Gasteiger partial charge in [-0.3, -0.25) is 0 Å². The number of esters is 4. The Hall–Kier alpha value is -6.30. The minimum Gasteiger partial charge on any atom is -0.465 e. The lowest BCUT2D eigenvalue weighted by molar-refractivity contribution is 0.0592. The fourth-order valence-corrected chi connectivity index (χ4v) is 4.89. The maximum absolute atomic E-state index is 12.4. The Bertz CT molecular complexity index is 1950. The number of aromatic nitrogens is 3. The van der Waals surface area contributed by atoms with Gasteiger partial charge in [0, 0.05) is 16.8 Å². The van der Waals surface area contributed by atoms with E-state index in [1.165, 1.54) is 28.4 Å². The van der Waals surface area contributed by atoms with Crippen molar-refractivity contribution in [1.82, 2.24) is 15.0 Å². The van der Waals surface area contributed by atoms with Crippen molar-refractivity contribution in [1.29, 1.82) is 0 Å². The summed E-state index contributed by atoms with van der Waals surface area (Å²) in [4.78, 5) is 48.6. The normalized spacial score (nSPS) is 10.6. The summed E-state index contributed by atoms with van der Waals surface area (Å²) in [7, 11) is 5.25. The standard InChI is InChI=1S/C35H30N4O8/c1-44-32(40)23-9-5-21(6-10-23)28-15-13-25(34(42)46-3)17-30(28)36-19-27-20-39(38-37-27)31-18-26(35(43)47-4)14-16-29(31)22-7-11-24(12-8-22)33(41)45-2/h5-18,20,36H,19H2,1-4H3. The Morgan fingerprint density at radius 1 is 0.596 bits per heavy atom. The predicted octanol–water partition coefficient (Wildman–Crippen LogP) is 5.36. The largest absolute Gasteiger partial charge is 0.465 e. The SMILES string of the molecule is COC(=O)c1ccc(-c2ccc(C(=O)OC)cc2NCc2cn(-c3cc(C(=O)OC)ccc3-c3ccc(C(=O)OC)cc3)nn2)cc1. The molecule has 1 aromatic heterocycles. The lowest BCUT2D eigenvalue weighted by atomic mass is 10.00. The van der Waals surface area contributed by atoms with Crippen LogP contribution in [0.15, 0.2) is 91.1 Å². The van der Waals surface area contributed by atoms with Crippen LogP contribution >= 0.6 is 0 Å². The smallest absolute Gasteiger partial charge is 0.337 e. The first kappa shape index (κ1) is 32.1. The fraction of sp³-hybridized carbons (Fsp3) is 0.143. The minimum absolute atomic E-state index is 0.220. The van der Waals surface area contributed by atoms with E-state index < -0.39 is 23.9 Å². The van der Waals surface area contributed by atoms with Crippen LogP contribution in [-0.2, 0) is 25.5 Å². The summed E-state index contributed by atoms with van der Waals surface area (Å²) in [6.45, 7) is 0.220. The minimum atomic E-state index is -0.515. The number of benzene rings is 4.